The predicted molar refractivity (Wildman–Crippen MR) is 92.2 cm³/mol. The third-order valence-electron chi connectivity index (χ3n) is 3.12. The van der Waals surface area contributed by atoms with Gasteiger partial charge >= 0.3 is 0 Å². The summed E-state index contributed by atoms with van der Waals surface area (Å²) in [7, 11) is 0. The van der Waals surface area contributed by atoms with Gasteiger partial charge in [0.25, 0.3) is 10.8 Å². The summed E-state index contributed by atoms with van der Waals surface area (Å²) in [6.07, 6.45) is 1.59. The molecule has 1 aromatic rings. The molecule has 0 radical (unpaired) electrons. The van der Waals surface area contributed by atoms with Gasteiger partial charge in [0.1, 0.15) is 0 Å². The molecule has 2 N–H and O–H groups in total. The zero-order valence-corrected chi connectivity index (χ0v) is 14.8. The summed E-state index contributed by atoms with van der Waals surface area (Å²) < 4.78 is 0. The van der Waals surface area contributed by atoms with Crippen molar-refractivity contribution in [2.75, 3.05) is 24.6 Å². The summed E-state index contributed by atoms with van der Waals surface area (Å²) >= 11 is 2.10. The number of nitrogens with zero attached hydrogens (tertiary/aromatic N) is 2. The van der Waals surface area contributed by atoms with Gasteiger partial charge < -0.3 is 10.3 Å². The van der Waals surface area contributed by atoms with E-state index in [1.807, 2.05) is 6.92 Å². The molecule has 8 nitrogen and oxygen atoms in total. The van der Waals surface area contributed by atoms with Crippen LogP contribution in [0.25, 0.3) is 0 Å². The van der Waals surface area contributed by atoms with Gasteiger partial charge in [-0.1, -0.05) is 36.9 Å². The van der Waals surface area contributed by atoms with E-state index in [-0.39, 0.29) is 47.2 Å². The molecule has 3 amide bonds. The minimum absolute atomic E-state index is 0.0924. The average Bonchev–Trinajstić information content (AvgIpc) is 2.84. The Bertz CT molecular complexity index is 676. The number of carbonyl (C=O) groups excluding carboxylic acids is 3. The van der Waals surface area contributed by atoms with Crippen LogP contribution in [-0.2, 0) is 16.0 Å². The first-order chi connectivity index (χ1) is 11.5. The maximum atomic E-state index is 11.8. The van der Waals surface area contributed by atoms with Crippen LogP contribution in [0.15, 0.2) is 16.0 Å². The summed E-state index contributed by atoms with van der Waals surface area (Å²) in [6, 6.07) is 1.45. The molecule has 0 spiro atoms. The molecule has 130 valence electrons. The van der Waals surface area contributed by atoms with Gasteiger partial charge in [0.05, 0.1) is 11.5 Å². The molecule has 2 rings (SSSR count). The molecule has 0 atom stereocenters. The third kappa shape index (κ3) is 5.38. The number of nitrogens with one attached hydrogen (secondary N) is 2. The number of amides is 3. The molecule has 24 heavy (non-hydrogen) atoms. The lowest BCUT2D eigenvalue weighted by molar-refractivity contribution is -0.125. The molecule has 10 heteroatoms. The van der Waals surface area contributed by atoms with Crippen LogP contribution in [0.3, 0.4) is 0 Å². The number of carbonyl (C=O) groups is 3. The second-order valence-corrected chi connectivity index (χ2v) is 6.92. The number of H-pyrrole nitrogens is 1. The van der Waals surface area contributed by atoms with Gasteiger partial charge in [0.2, 0.25) is 11.8 Å². The topological polar surface area (TPSA) is 112 Å². The minimum Gasteiger partial charge on any atom is -0.354 e. The lowest BCUT2D eigenvalue weighted by atomic mass is 10.2. The second kappa shape index (κ2) is 8.88. The zero-order chi connectivity index (χ0) is 17.5. The summed E-state index contributed by atoms with van der Waals surface area (Å²) in [5.74, 6) is -0.233. The Kier molecular flexibility index (Phi) is 6.85. The summed E-state index contributed by atoms with van der Waals surface area (Å²) in [5, 5.41) is 2.77. The van der Waals surface area contributed by atoms with E-state index in [4.69, 9.17) is 0 Å². The van der Waals surface area contributed by atoms with Crippen LogP contribution in [0, 0.1) is 0 Å². The first-order valence-corrected chi connectivity index (χ1v) is 9.43. The number of hydrogen-bond donors (Lipinski definition) is 2. The van der Waals surface area contributed by atoms with Crippen LogP contribution < -0.4 is 10.9 Å². The molecule has 1 aliphatic rings. The lowest BCUT2D eigenvalue weighted by Crippen LogP contribution is -2.38. The quantitative estimate of drug-likeness (QED) is 0.510. The van der Waals surface area contributed by atoms with E-state index in [0.717, 1.165) is 34.8 Å². The fraction of sp³-hybridized carbons (Fsp3) is 0.500. The Morgan fingerprint density at radius 2 is 2.25 bits per heavy atom. The average molecular weight is 370 g/mol. The number of thioether (sulfide) groups is 2. The number of aryl methyl sites for hydroxylation is 1. The molecule has 1 fully saturated rings. The van der Waals surface area contributed by atoms with E-state index in [0.29, 0.717) is 17.3 Å². The maximum absolute atomic E-state index is 11.8. The molecule has 0 bridgehead atoms. The normalized spacial score (nSPS) is 14.3. The van der Waals surface area contributed by atoms with Crippen molar-refractivity contribution in [3.63, 3.8) is 0 Å². The molecule has 0 unspecified atom stereocenters. The second-order valence-electron chi connectivity index (χ2n) is 5.03. The molecule has 0 aromatic carbocycles. The van der Waals surface area contributed by atoms with Crippen molar-refractivity contribution >= 4 is 40.6 Å². The van der Waals surface area contributed by atoms with Crippen molar-refractivity contribution in [3.8, 4) is 0 Å². The Labute approximate surface area is 147 Å². The first kappa shape index (κ1) is 18.5. The highest BCUT2D eigenvalue weighted by Crippen LogP contribution is 2.17. The molecular formula is C14H18N4O4S2. The Morgan fingerprint density at radius 1 is 1.46 bits per heavy atom. The number of aromatic amines is 1. The maximum Gasteiger partial charge on any atom is 0.288 e. The third-order valence-corrected chi connectivity index (χ3v) is 4.85. The monoisotopic (exact) mass is 370 g/mol. The number of hydrogen-bond acceptors (Lipinski definition) is 7. The van der Waals surface area contributed by atoms with Crippen molar-refractivity contribution in [1.82, 2.24) is 20.2 Å². The van der Waals surface area contributed by atoms with Crippen LogP contribution in [0.1, 0.15) is 19.0 Å². The fourth-order valence-electron chi connectivity index (χ4n) is 2.03. The number of rotatable bonds is 8. The van der Waals surface area contributed by atoms with Crippen molar-refractivity contribution in [1.29, 1.82) is 0 Å². The Hall–Kier alpha value is -1.81. The van der Waals surface area contributed by atoms with Crippen LogP contribution in [0.2, 0.25) is 0 Å². The molecule has 1 aliphatic heterocycles. The van der Waals surface area contributed by atoms with E-state index in [9.17, 15) is 19.2 Å². The predicted octanol–water partition coefficient (Wildman–Crippen LogP) is 0.626. The molecule has 0 aliphatic carbocycles. The number of aromatic nitrogens is 2. The van der Waals surface area contributed by atoms with Crippen LogP contribution in [0.5, 0.6) is 0 Å². The summed E-state index contributed by atoms with van der Waals surface area (Å²) in [5.41, 5.74) is 0.465. The molecular weight excluding hydrogens is 352 g/mol. The van der Waals surface area contributed by atoms with Crippen molar-refractivity contribution in [2.24, 2.45) is 0 Å². The van der Waals surface area contributed by atoms with Gasteiger partial charge in [-0.15, -0.1) is 0 Å². The number of imide groups is 1. The van der Waals surface area contributed by atoms with Crippen LogP contribution >= 0.6 is 23.5 Å². The van der Waals surface area contributed by atoms with E-state index < -0.39 is 0 Å². The summed E-state index contributed by atoms with van der Waals surface area (Å²) in [6.45, 7) is 2.37. The zero-order valence-electron chi connectivity index (χ0n) is 13.2. The largest absolute Gasteiger partial charge is 0.354 e. The van der Waals surface area contributed by atoms with Gasteiger partial charge in [-0.05, 0) is 6.42 Å². The van der Waals surface area contributed by atoms with Gasteiger partial charge in [-0.25, -0.2) is 4.98 Å². The lowest BCUT2D eigenvalue weighted by Gasteiger charge is -2.12. The van der Waals surface area contributed by atoms with Crippen molar-refractivity contribution in [2.45, 2.75) is 24.9 Å². The smallest absolute Gasteiger partial charge is 0.288 e. The molecule has 2 heterocycles. The standard InChI is InChI=1S/C14H18N4O4S2/c1-2-3-9-6-10(19)17-13(16-9)23-7-11(20)15-4-5-18-12(21)8-24-14(18)22/h6H,2-5,7-8H2,1H3,(H,15,20)(H,16,17,19). The Balaban J connectivity index is 1.76. The van der Waals surface area contributed by atoms with Crippen molar-refractivity contribution < 1.29 is 14.4 Å². The van der Waals surface area contributed by atoms with Gasteiger partial charge in [-0.2, -0.15) is 0 Å². The van der Waals surface area contributed by atoms with E-state index in [2.05, 4.69) is 15.3 Å². The SMILES string of the molecule is CCCc1cc(=O)[nH]c(SCC(=O)NCCN2C(=O)CSC2=O)n1. The highest BCUT2D eigenvalue weighted by Gasteiger charge is 2.29. The van der Waals surface area contributed by atoms with Crippen LogP contribution in [0.4, 0.5) is 4.79 Å². The van der Waals surface area contributed by atoms with E-state index >= 15 is 0 Å². The minimum atomic E-state index is -0.280. The molecule has 0 saturated carbocycles. The van der Waals surface area contributed by atoms with E-state index in [1.165, 1.54) is 6.07 Å². The van der Waals surface area contributed by atoms with Crippen molar-refractivity contribution in [3.05, 3.63) is 22.1 Å². The van der Waals surface area contributed by atoms with Gasteiger partial charge in [0.15, 0.2) is 5.16 Å². The van der Waals surface area contributed by atoms with E-state index in [1.54, 1.807) is 0 Å². The molecule has 1 aromatic heterocycles. The fourth-order valence-corrected chi connectivity index (χ4v) is 3.50. The summed E-state index contributed by atoms with van der Waals surface area (Å²) in [4.78, 5) is 54.2. The Morgan fingerprint density at radius 3 is 2.92 bits per heavy atom. The first-order valence-electron chi connectivity index (χ1n) is 7.46. The van der Waals surface area contributed by atoms with Gasteiger partial charge in [-0.3, -0.25) is 24.1 Å². The molecule has 1 saturated heterocycles. The highest BCUT2D eigenvalue weighted by atomic mass is 32.2. The van der Waals surface area contributed by atoms with Gasteiger partial charge in [0, 0.05) is 24.8 Å². The van der Waals surface area contributed by atoms with Crippen LogP contribution in [-0.4, -0.2) is 56.5 Å². The highest BCUT2D eigenvalue weighted by molar-refractivity contribution is 8.14.